The van der Waals surface area contributed by atoms with Gasteiger partial charge in [0, 0.05) is 24.8 Å². The fourth-order valence-electron chi connectivity index (χ4n) is 1.43. The van der Waals surface area contributed by atoms with Gasteiger partial charge in [0.15, 0.2) is 0 Å². The summed E-state index contributed by atoms with van der Waals surface area (Å²) >= 11 is 0. The molecule has 0 spiro atoms. The molecule has 2 unspecified atom stereocenters. The molecule has 1 rings (SSSR count). The highest BCUT2D eigenvalue weighted by molar-refractivity contribution is 5.92. The second-order valence-corrected chi connectivity index (χ2v) is 4.39. The molecule has 94 valence electrons. The number of carbonyl (C=O) groups excluding carboxylic acids is 1. The molecule has 0 saturated carbocycles. The smallest absolute Gasteiger partial charge is 0.248 e. The molecule has 1 amide bonds. The van der Waals surface area contributed by atoms with E-state index in [0.717, 1.165) is 5.56 Å². The van der Waals surface area contributed by atoms with Gasteiger partial charge in [-0.2, -0.15) is 0 Å². The molecule has 0 aliphatic heterocycles. The summed E-state index contributed by atoms with van der Waals surface area (Å²) in [5, 5.41) is 12.3. The van der Waals surface area contributed by atoms with E-state index in [-0.39, 0.29) is 18.6 Å². The Hall–Kier alpha value is -1.39. The van der Waals surface area contributed by atoms with Crippen LogP contribution in [0.3, 0.4) is 0 Å². The van der Waals surface area contributed by atoms with Gasteiger partial charge in [0.2, 0.25) is 5.91 Å². The highest BCUT2D eigenvalue weighted by atomic mass is 16.3. The van der Waals surface area contributed by atoms with E-state index in [4.69, 9.17) is 10.8 Å². The standard InChI is InChI=1S/C13H20N2O2/c1-9(8-16)10(2)15-7-11-3-5-12(6-4-11)13(14)17/h3-6,9-10,15-16H,7-8H2,1-2H3,(H2,14,17). The maximum atomic E-state index is 10.9. The van der Waals surface area contributed by atoms with Crippen molar-refractivity contribution in [3.63, 3.8) is 0 Å². The summed E-state index contributed by atoms with van der Waals surface area (Å²) in [6.45, 7) is 4.92. The third kappa shape index (κ3) is 4.17. The van der Waals surface area contributed by atoms with Crippen molar-refractivity contribution in [2.45, 2.75) is 26.4 Å². The largest absolute Gasteiger partial charge is 0.396 e. The molecule has 4 N–H and O–H groups in total. The highest BCUT2D eigenvalue weighted by Crippen LogP contribution is 2.06. The van der Waals surface area contributed by atoms with Crippen LogP contribution in [0.1, 0.15) is 29.8 Å². The maximum Gasteiger partial charge on any atom is 0.248 e. The number of amides is 1. The SMILES string of the molecule is CC(CO)C(C)NCc1ccc(C(N)=O)cc1. The number of nitrogens with one attached hydrogen (secondary N) is 1. The zero-order chi connectivity index (χ0) is 12.8. The Morgan fingerprint density at radius 3 is 2.41 bits per heavy atom. The lowest BCUT2D eigenvalue weighted by molar-refractivity contribution is 0.100. The van der Waals surface area contributed by atoms with E-state index in [0.29, 0.717) is 12.1 Å². The fraction of sp³-hybridized carbons (Fsp3) is 0.462. The van der Waals surface area contributed by atoms with E-state index in [1.54, 1.807) is 12.1 Å². The molecule has 2 atom stereocenters. The normalized spacial score (nSPS) is 14.3. The average molecular weight is 236 g/mol. The van der Waals surface area contributed by atoms with Gasteiger partial charge < -0.3 is 16.2 Å². The van der Waals surface area contributed by atoms with Crippen molar-refractivity contribution in [2.24, 2.45) is 11.7 Å². The predicted molar refractivity (Wildman–Crippen MR) is 67.5 cm³/mol. The summed E-state index contributed by atoms with van der Waals surface area (Å²) in [6, 6.07) is 7.45. The molecule has 0 aromatic heterocycles. The number of hydrogen-bond acceptors (Lipinski definition) is 3. The Balaban J connectivity index is 2.50. The average Bonchev–Trinajstić information content (AvgIpc) is 2.35. The third-order valence-electron chi connectivity index (χ3n) is 3.01. The lowest BCUT2D eigenvalue weighted by Gasteiger charge is -2.19. The molecule has 17 heavy (non-hydrogen) atoms. The van der Waals surface area contributed by atoms with Crippen LogP contribution in [0.15, 0.2) is 24.3 Å². The molecule has 0 fully saturated rings. The van der Waals surface area contributed by atoms with Crippen molar-refractivity contribution in [1.82, 2.24) is 5.32 Å². The van der Waals surface area contributed by atoms with Crippen molar-refractivity contribution in [2.75, 3.05) is 6.61 Å². The van der Waals surface area contributed by atoms with Crippen LogP contribution in [0.25, 0.3) is 0 Å². The summed E-state index contributed by atoms with van der Waals surface area (Å²) in [7, 11) is 0. The first kappa shape index (κ1) is 13.7. The fourth-order valence-corrected chi connectivity index (χ4v) is 1.43. The van der Waals surface area contributed by atoms with Gasteiger partial charge >= 0.3 is 0 Å². The van der Waals surface area contributed by atoms with Gasteiger partial charge in [-0.15, -0.1) is 0 Å². The lowest BCUT2D eigenvalue weighted by Crippen LogP contribution is -2.33. The highest BCUT2D eigenvalue weighted by Gasteiger charge is 2.09. The van der Waals surface area contributed by atoms with Crippen LogP contribution in [0.4, 0.5) is 0 Å². The van der Waals surface area contributed by atoms with Crippen molar-refractivity contribution in [3.05, 3.63) is 35.4 Å². The topological polar surface area (TPSA) is 75.3 Å². The first-order chi connectivity index (χ1) is 8.04. The van der Waals surface area contributed by atoms with Crippen LogP contribution >= 0.6 is 0 Å². The molecule has 0 radical (unpaired) electrons. The predicted octanol–water partition coefficient (Wildman–Crippen LogP) is 0.892. The minimum Gasteiger partial charge on any atom is -0.396 e. The third-order valence-corrected chi connectivity index (χ3v) is 3.01. The van der Waals surface area contributed by atoms with Crippen LogP contribution in [-0.2, 0) is 6.54 Å². The quantitative estimate of drug-likeness (QED) is 0.686. The summed E-state index contributed by atoms with van der Waals surface area (Å²) in [6.07, 6.45) is 0. The van der Waals surface area contributed by atoms with Crippen LogP contribution in [-0.4, -0.2) is 23.7 Å². The van der Waals surface area contributed by atoms with Gasteiger partial charge in [0.1, 0.15) is 0 Å². The van der Waals surface area contributed by atoms with Crippen molar-refractivity contribution in [3.8, 4) is 0 Å². The van der Waals surface area contributed by atoms with Gasteiger partial charge in [-0.25, -0.2) is 0 Å². The molecule has 0 aliphatic carbocycles. The van der Waals surface area contributed by atoms with Crippen LogP contribution < -0.4 is 11.1 Å². The Bertz CT molecular complexity index is 362. The van der Waals surface area contributed by atoms with E-state index >= 15 is 0 Å². The Morgan fingerprint density at radius 1 is 1.35 bits per heavy atom. The first-order valence-corrected chi connectivity index (χ1v) is 5.77. The minimum atomic E-state index is -0.410. The van der Waals surface area contributed by atoms with Gasteiger partial charge in [-0.3, -0.25) is 4.79 Å². The molecule has 4 nitrogen and oxygen atoms in total. The van der Waals surface area contributed by atoms with Gasteiger partial charge in [0.25, 0.3) is 0 Å². The minimum absolute atomic E-state index is 0.175. The van der Waals surface area contributed by atoms with E-state index < -0.39 is 5.91 Å². The first-order valence-electron chi connectivity index (χ1n) is 5.77. The summed E-state index contributed by atoms with van der Waals surface area (Å²) in [5.41, 5.74) is 6.77. The zero-order valence-electron chi connectivity index (χ0n) is 10.3. The lowest BCUT2D eigenvalue weighted by atomic mass is 10.0. The molecule has 4 heteroatoms. The van der Waals surface area contributed by atoms with E-state index in [2.05, 4.69) is 5.32 Å². The number of benzene rings is 1. The molecular weight excluding hydrogens is 216 g/mol. The second-order valence-electron chi connectivity index (χ2n) is 4.39. The number of hydrogen-bond donors (Lipinski definition) is 3. The molecule has 0 bridgehead atoms. The summed E-state index contributed by atoms with van der Waals surface area (Å²) in [4.78, 5) is 10.9. The second kappa shape index (κ2) is 6.37. The van der Waals surface area contributed by atoms with Crippen LogP contribution in [0, 0.1) is 5.92 Å². The molecule has 1 aromatic carbocycles. The molecule has 1 aromatic rings. The molecular formula is C13H20N2O2. The number of carbonyl (C=O) groups is 1. The Kier molecular flexibility index (Phi) is 5.12. The van der Waals surface area contributed by atoms with E-state index in [1.165, 1.54) is 0 Å². The molecule has 0 aliphatic rings. The van der Waals surface area contributed by atoms with Gasteiger partial charge in [-0.05, 0) is 30.5 Å². The van der Waals surface area contributed by atoms with Crippen LogP contribution in [0.5, 0.6) is 0 Å². The number of aliphatic hydroxyl groups is 1. The number of nitrogens with two attached hydrogens (primary N) is 1. The van der Waals surface area contributed by atoms with Crippen molar-refractivity contribution >= 4 is 5.91 Å². The molecule has 0 saturated heterocycles. The Morgan fingerprint density at radius 2 is 1.94 bits per heavy atom. The van der Waals surface area contributed by atoms with E-state index in [1.807, 2.05) is 26.0 Å². The zero-order valence-corrected chi connectivity index (χ0v) is 10.3. The summed E-state index contributed by atoms with van der Waals surface area (Å²) in [5.74, 6) is -0.188. The maximum absolute atomic E-state index is 10.9. The monoisotopic (exact) mass is 236 g/mol. The molecule has 0 heterocycles. The van der Waals surface area contributed by atoms with Crippen LogP contribution in [0.2, 0.25) is 0 Å². The Labute approximate surface area is 102 Å². The van der Waals surface area contributed by atoms with Gasteiger partial charge in [0.05, 0.1) is 0 Å². The van der Waals surface area contributed by atoms with Crippen molar-refractivity contribution < 1.29 is 9.90 Å². The van der Waals surface area contributed by atoms with Gasteiger partial charge in [-0.1, -0.05) is 19.1 Å². The van der Waals surface area contributed by atoms with E-state index in [9.17, 15) is 4.79 Å². The number of rotatable bonds is 6. The number of primary amides is 1. The van der Waals surface area contributed by atoms with Crippen molar-refractivity contribution in [1.29, 1.82) is 0 Å². The number of aliphatic hydroxyl groups excluding tert-OH is 1. The summed E-state index contributed by atoms with van der Waals surface area (Å²) < 4.78 is 0.